The molecule has 0 bridgehead atoms. The third-order valence-electron chi connectivity index (χ3n) is 5.75. The SMILES string of the molecule is CN=C(NCCCCn1cnnc1)N1CCN(Cc2cccc3ccccc23)CC1. The van der Waals surface area contributed by atoms with Gasteiger partial charge in [-0.2, -0.15) is 0 Å². The van der Waals surface area contributed by atoms with Gasteiger partial charge in [-0.1, -0.05) is 42.5 Å². The zero-order valence-electron chi connectivity index (χ0n) is 17.7. The summed E-state index contributed by atoms with van der Waals surface area (Å²) >= 11 is 0. The van der Waals surface area contributed by atoms with E-state index in [0.29, 0.717) is 0 Å². The fraction of sp³-hybridized carbons (Fsp3) is 0.435. The maximum atomic E-state index is 4.50. The summed E-state index contributed by atoms with van der Waals surface area (Å²) in [5.74, 6) is 1.02. The largest absolute Gasteiger partial charge is 0.356 e. The number of aliphatic imine (C=N–C) groups is 1. The van der Waals surface area contributed by atoms with Crippen LogP contribution in [0, 0.1) is 0 Å². The molecule has 0 saturated carbocycles. The van der Waals surface area contributed by atoms with Crippen LogP contribution < -0.4 is 5.32 Å². The highest BCUT2D eigenvalue weighted by molar-refractivity contribution is 5.85. The highest BCUT2D eigenvalue weighted by Crippen LogP contribution is 2.20. The van der Waals surface area contributed by atoms with Gasteiger partial charge in [-0.25, -0.2) is 0 Å². The maximum Gasteiger partial charge on any atom is 0.193 e. The monoisotopic (exact) mass is 405 g/mol. The lowest BCUT2D eigenvalue weighted by molar-refractivity contribution is 0.173. The van der Waals surface area contributed by atoms with Gasteiger partial charge in [0, 0.05) is 52.9 Å². The minimum absolute atomic E-state index is 0.936. The van der Waals surface area contributed by atoms with Gasteiger partial charge in [0.15, 0.2) is 5.96 Å². The Kier molecular flexibility index (Phi) is 6.92. The number of fused-ring (bicyclic) bond motifs is 1. The van der Waals surface area contributed by atoms with Crippen molar-refractivity contribution in [2.45, 2.75) is 25.9 Å². The molecule has 0 unspecified atom stereocenters. The number of benzene rings is 2. The molecule has 0 radical (unpaired) electrons. The lowest BCUT2D eigenvalue weighted by Gasteiger charge is -2.36. The van der Waals surface area contributed by atoms with E-state index in [1.165, 1.54) is 16.3 Å². The third-order valence-corrected chi connectivity index (χ3v) is 5.75. The van der Waals surface area contributed by atoms with Crippen molar-refractivity contribution in [3.05, 3.63) is 60.7 Å². The molecule has 1 fully saturated rings. The Labute approximate surface area is 178 Å². The summed E-state index contributed by atoms with van der Waals surface area (Å²) in [5, 5.41) is 13.9. The van der Waals surface area contributed by atoms with E-state index in [-0.39, 0.29) is 0 Å². The molecule has 2 aromatic carbocycles. The van der Waals surface area contributed by atoms with E-state index < -0.39 is 0 Å². The molecule has 1 aromatic heterocycles. The van der Waals surface area contributed by atoms with Gasteiger partial charge < -0.3 is 14.8 Å². The molecule has 1 aliphatic heterocycles. The molecule has 4 rings (SSSR count). The molecule has 158 valence electrons. The molecule has 1 aliphatic rings. The minimum Gasteiger partial charge on any atom is -0.356 e. The first-order valence-corrected chi connectivity index (χ1v) is 10.8. The Hall–Kier alpha value is -2.93. The molecule has 0 aliphatic carbocycles. The van der Waals surface area contributed by atoms with E-state index in [1.54, 1.807) is 12.7 Å². The van der Waals surface area contributed by atoms with Gasteiger partial charge in [0.25, 0.3) is 0 Å². The average molecular weight is 406 g/mol. The number of aromatic nitrogens is 3. The van der Waals surface area contributed by atoms with Gasteiger partial charge in [-0.3, -0.25) is 9.89 Å². The molecular weight excluding hydrogens is 374 g/mol. The summed E-state index contributed by atoms with van der Waals surface area (Å²) in [4.78, 5) is 9.42. The molecular formula is C23H31N7. The highest BCUT2D eigenvalue weighted by atomic mass is 15.3. The quantitative estimate of drug-likeness (QED) is 0.372. The number of rotatable bonds is 7. The van der Waals surface area contributed by atoms with Crippen molar-refractivity contribution < 1.29 is 0 Å². The van der Waals surface area contributed by atoms with Gasteiger partial charge in [0.05, 0.1) is 0 Å². The van der Waals surface area contributed by atoms with Gasteiger partial charge in [0.2, 0.25) is 0 Å². The first-order valence-electron chi connectivity index (χ1n) is 10.8. The van der Waals surface area contributed by atoms with Crippen LogP contribution >= 0.6 is 0 Å². The van der Waals surface area contributed by atoms with Crippen LogP contribution in [0.1, 0.15) is 18.4 Å². The molecule has 7 heteroatoms. The van der Waals surface area contributed by atoms with Crippen molar-refractivity contribution >= 4 is 16.7 Å². The van der Waals surface area contributed by atoms with Gasteiger partial charge in [-0.15, -0.1) is 10.2 Å². The fourth-order valence-electron chi connectivity index (χ4n) is 4.08. The Balaban J connectivity index is 1.22. The molecule has 30 heavy (non-hydrogen) atoms. The Bertz CT molecular complexity index is 938. The topological polar surface area (TPSA) is 61.6 Å². The minimum atomic E-state index is 0.936. The summed E-state index contributed by atoms with van der Waals surface area (Å²) < 4.78 is 2.02. The van der Waals surface area contributed by atoms with Crippen molar-refractivity contribution in [2.75, 3.05) is 39.8 Å². The second-order valence-corrected chi connectivity index (χ2v) is 7.78. The standard InChI is InChI=1S/C23H31N7/c1-24-23(25-11-4-5-12-29-18-26-27-19-29)30-15-13-28(14-16-30)17-21-9-6-8-20-7-2-3-10-22(20)21/h2-3,6-10,18-19H,4-5,11-17H2,1H3,(H,24,25). The molecule has 0 amide bonds. The van der Waals surface area contributed by atoms with Crippen molar-refractivity contribution in [2.24, 2.45) is 4.99 Å². The highest BCUT2D eigenvalue weighted by Gasteiger charge is 2.19. The number of unbranched alkanes of at least 4 members (excludes halogenated alkanes) is 1. The van der Waals surface area contributed by atoms with E-state index in [2.05, 4.69) is 72.8 Å². The Morgan fingerprint density at radius 1 is 0.967 bits per heavy atom. The lowest BCUT2D eigenvalue weighted by Crippen LogP contribution is -2.52. The first-order chi connectivity index (χ1) is 14.8. The van der Waals surface area contributed by atoms with Crippen LogP contribution in [0.3, 0.4) is 0 Å². The number of aryl methyl sites for hydroxylation is 1. The average Bonchev–Trinajstić information content (AvgIpc) is 3.31. The van der Waals surface area contributed by atoms with Crippen molar-refractivity contribution in [3.8, 4) is 0 Å². The van der Waals surface area contributed by atoms with Gasteiger partial charge >= 0.3 is 0 Å². The summed E-state index contributed by atoms with van der Waals surface area (Å²) in [6.45, 7) is 7.01. The molecule has 0 spiro atoms. The van der Waals surface area contributed by atoms with Crippen molar-refractivity contribution in [1.82, 2.24) is 29.9 Å². The third kappa shape index (κ3) is 5.16. The summed E-state index contributed by atoms with van der Waals surface area (Å²) in [5.41, 5.74) is 1.41. The summed E-state index contributed by atoms with van der Waals surface area (Å²) in [6.07, 6.45) is 5.73. The Morgan fingerprint density at radius 3 is 2.53 bits per heavy atom. The smallest absolute Gasteiger partial charge is 0.193 e. The first kappa shape index (κ1) is 20.3. The predicted molar refractivity (Wildman–Crippen MR) is 121 cm³/mol. The number of hydrogen-bond acceptors (Lipinski definition) is 4. The molecule has 1 N–H and O–H groups in total. The number of nitrogens with one attached hydrogen (secondary N) is 1. The summed E-state index contributed by atoms with van der Waals surface area (Å²) in [7, 11) is 1.88. The van der Waals surface area contributed by atoms with Crippen LogP contribution in [0.2, 0.25) is 0 Å². The second kappa shape index (κ2) is 10.2. The fourth-order valence-corrected chi connectivity index (χ4v) is 4.08. The summed E-state index contributed by atoms with van der Waals surface area (Å²) in [6, 6.07) is 15.3. The molecule has 1 saturated heterocycles. The maximum absolute atomic E-state index is 4.50. The Morgan fingerprint density at radius 2 is 1.73 bits per heavy atom. The van der Waals surface area contributed by atoms with E-state index in [1.807, 2.05) is 11.6 Å². The zero-order chi connectivity index (χ0) is 20.6. The molecule has 0 atom stereocenters. The predicted octanol–water partition coefficient (Wildman–Crippen LogP) is 2.60. The van der Waals surface area contributed by atoms with Crippen LogP contribution in [-0.2, 0) is 13.1 Å². The van der Waals surface area contributed by atoms with Crippen LogP contribution in [0.5, 0.6) is 0 Å². The molecule has 7 nitrogen and oxygen atoms in total. The second-order valence-electron chi connectivity index (χ2n) is 7.78. The van der Waals surface area contributed by atoms with Crippen LogP contribution in [0.4, 0.5) is 0 Å². The van der Waals surface area contributed by atoms with E-state index in [0.717, 1.165) is 64.6 Å². The van der Waals surface area contributed by atoms with Crippen LogP contribution in [0.25, 0.3) is 10.8 Å². The molecule has 2 heterocycles. The van der Waals surface area contributed by atoms with E-state index in [4.69, 9.17) is 0 Å². The van der Waals surface area contributed by atoms with Crippen molar-refractivity contribution in [1.29, 1.82) is 0 Å². The number of nitrogens with zero attached hydrogens (tertiary/aromatic N) is 6. The lowest BCUT2D eigenvalue weighted by atomic mass is 10.0. The zero-order valence-corrected chi connectivity index (χ0v) is 17.7. The molecule has 3 aromatic rings. The number of guanidine groups is 1. The van der Waals surface area contributed by atoms with Crippen LogP contribution in [-0.4, -0.2) is 70.3 Å². The van der Waals surface area contributed by atoms with Gasteiger partial charge in [0.1, 0.15) is 12.7 Å². The van der Waals surface area contributed by atoms with Crippen molar-refractivity contribution in [3.63, 3.8) is 0 Å². The van der Waals surface area contributed by atoms with Crippen LogP contribution in [0.15, 0.2) is 60.1 Å². The number of hydrogen-bond donors (Lipinski definition) is 1. The normalized spacial score (nSPS) is 15.6. The van der Waals surface area contributed by atoms with E-state index >= 15 is 0 Å². The van der Waals surface area contributed by atoms with E-state index in [9.17, 15) is 0 Å². The van der Waals surface area contributed by atoms with Gasteiger partial charge in [-0.05, 0) is 29.2 Å². The number of piperazine rings is 1.